The van der Waals surface area contributed by atoms with Crippen molar-refractivity contribution in [1.29, 1.82) is 5.26 Å². The van der Waals surface area contributed by atoms with Gasteiger partial charge in [-0.25, -0.2) is 4.79 Å². The molecule has 0 saturated heterocycles. The van der Waals surface area contributed by atoms with Gasteiger partial charge in [-0.1, -0.05) is 23.4 Å². The van der Waals surface area contributed by atoms with Crippen LogP contribution in [0.5, 0.6) is 0 Å². The molecular weight excluding hydrogens is 389 g/mol. The normalized spacial score (nSPS) is 11.3. The van der Waals surface area contributed by atoms with Gasteiger partial charge in [0.2, 0.25) is 0 Å². The molecule has 0 aliphatic rings. The predicted octanol–water partition coefficient (Wildman–Crippen LogP) is 4.89. The van der Waals surface area contributed by atoms with E-state index in [0.29, 0.717) is 13.1 Å². The van der Waals surface area contributed by atoms with E-state index in [2.05, 4.69) is 5.10 Å². The lowest BCUT2D eigenvalue weighted by atomic mass is 10.2. The average Bonchev–Trinajstić information content (AvgIpc) is 2.99. The first kappa shape index (κ1) is 20.1. The number of alkyl halides is 3. The molecule has 0 unspecified atom stereocenters. The number of aromatic nitrogens is 2. The van der Waals surface area contributed by atoms with E-state index in [4.69, 9.17) is 11.6 Å². The van der Waals surface area contributed by atoms with Crippen LogP contribution < -0.4 is 0 Å². The molecule has 0 spiro atoms. The Morgan fingerprint density at radius 3 is 2.58 bits per heavy atom. The summed E-state index contributed by atoms with van der Waals surface area (Å²) >= 11 is 6.78. The number of nitriles is 1. The fourth-order valence-corrected chi connectivity index (χ4v) is 3.24. The van der Waals surface area contributed by atoms with Crippen molar-refractivity contribution < 1.29 is 18.0 Å². The number of hydrogen-bond donors (Lipinski definition) is 0. The number of rotatable bonds is 4. The lowest BCUT2D eigenvalue weighted by molar-refractivity contribution is -0.137. The number of hydrogen-bond acceptors (Lipinski definition) is 4. The smallest absolute Gasteiger partial charge is 0.323 e. The molecule has 2 rings (SSSR count). The first-order valence-corrected chi connectivity index (χ1v) is 8.74. The van der Waals surface area contributed by atoms with Gasteiger partial charge in [-0.05, 0) is 32.0 Å². The maximum absolute atomic E-state index is 12.9. The fraction of sp³-hybridized carbons (Fsp3) is 0.312. The lowest BCUT2D eigenvalue weighted by Gasteiger charge is -2.17. The molecule has 0 fully saturated rings. The highest BCUT2D eigenvalue weighted by Crippen LogP contribution is 2.38. The minimum Gasteiger partial charge on any atom is -0.323 e. The number of carbonyl (C=O) groups is 1. The Hall–Kier alpha value is -2.18. The molecule has 1 amide bonds. The minimum atomic E-state index is -4.52. The molecule has 0 bridgehead atoms. The molecule has 1 aromatic heterocycles. The van der Waals surface area contributed by atoms with E-state index in [1.807, 2.05) is 6.07 Å². The van der Waals surface area contributed by atoms with Crippen molar-refractivity contribution in [2.24, 2.45) is 0 Å². The topological polar surface area (TPSA) is 61.9 Å². The second-order valence-electron chi connectivity index (χ2n) is 5.10. The van der Waals surface area contributed by atoms with Crippen molar-refractivity contribution in [1.82, 2.24) is 14.7 Å². The molecule has 1 aromatic carbocycles. The Kier molecular flexibility index (Phi) is 6.21. The molecule has 10 heteroatoms. The van der Waals surface area contributed by atoms with Gasteiger partial charge in [-0.3, -0.25) is 0 Å². The van der Waals surface area contributed by atoms with E-state index in [9.17, 15) is 23.2 Å². The Balaban J connectivity index is 2.39. The summed E-state index contributed by atoms with van der Waals surface area (Å²) in [6.07, 6.45) is -3.26. The molecule has 0 aliphatic carbocycles. The zero-order valence-electron chi connectivity index (χ0n) is 13.8. The zero-order valence-corrected chi connectivity index (χ0v) is 15.4. The highest BCUT2D eigenvalue weighted by molar-refractivity contribution is 7.99. The number of halogens is 4. The van der Waals surface area contributed by atoms with E-state index < -0.39 is 17.8 Å². The standard InChI is InChI=1S/C16H14ClF3N4OS/c1-3-23(4-2)15(25)24-9-10(8-21)14(22-24)26-13-7-11(16(18,19)20)5-6-12(13)17/h5-7,9H,3-4H2,1-2H3. The van der Waals surface area contributed by atoms with Gasteiger partial charge in [0.15, 0.2) is 0 Å². The van der Waals surface area contributed by atoms with Crippen LogP contribution in [0.3, 0.4) is 0 Å². The fourth-order valence-electron chi connectivity index (χ4n) is 2.11. The molecule has 1 heterocycles. The molecule has 0 saturated carbocycles. The molecule has 0 atom stereocenters. The van der Waals surface area contributed by atoms with Crippen molar-refractivity contribution >= 4 is 29.4 Å². The van der Waals surface area contributed by atoms with Crippen LogP contribution in [0.2, 0.25) is 5.02 Å². The predicted molar refractivity (Wildman–Crippen MR) is 91.2 cm³/mol. The van der Waals surface area contributed by atoms with Crippen LogP contribution in [0.1, 0.15) is 25.0 Å². The van der Waals surface area contributed by atoms with Crippen LogP contribution in [0.4, 0.5) is 18.0 Å². The molecule has 0 radical (unpaired) electrons. The summed E-state index contributed by atoms with van der Waals surface area (Å²) in [6, 6.07) is 4.37. The SMILES string of the molecule is CCN(CC)C(=O)n1cc(C#N)c(Sc2cc(C(F)(F)F)ccc2Cl)n1. The first-order chi connectivity index (χ1) is 12.2. The van der Waals surface area contributed by atoms with Crippen molar-refractivity contribution in [3.63, 3.8) is 0 Å². The monoisotopic (exact) mass is 402 g/mol. The maximum atomic E-state index is 12.9. The van der Waals surface area contributed by atoms with Crippen LogP contribution in [0, 0.1) is 11.3 Å². The molecule has 0 N–H and O–H groups in total. The highest BCUT2D eigenvalue weighted by Gasteiger charge is 2.31. The number of carbonyl (C=O) groups excluding carboxylic acids is 1. The molecule has 2 aromatic rings. The van der Waals surface area contributed by atoms with Gasteiger partial charge in [0.05, 0.1) is 16.8 Å². The van der Waals surface area contributed by atoms with Crippen molar-refractivity contribution in [2.45, 2.75) is 29.9 Å². The quantitative estimate of drug-likeness (QED) is 0.730. The van der Waals surface area contributed by atoms with E-state index in [-0.39, 0.29) is 20.5 Å². The molecular formula is C16H14ClF3N4OS. The third-order valence-electron chi connectivity index (χ3n) is 3.50. The largest absolute Gasteiger partial charge is 0.416 e. The van der Waals surface area contributed by atoms with Gasteiger partial charge >= 0.3 is 12.2 Å². The summed E-state index contributed by atoms with van der Waals surface area (Å²) in [7, 11) is 0. The van der Waals surface area contributed by atoms with E-state index in [1.54, 1.807) is 13.8 Å². The summed E-state index contributed by atoms with van der Waals surface area (Å²) in [5.74, 6) is 0. The van der Waals surface area contributed by atoms with Gasteiger partial charge in [0, 0.05) is 18.0 Å². The van der Waals surface area contributed by atoms with Gasteiger partial charge < -0.3 is 4.90 Å². The van der Waals surface area contributed by atoms with Crippen molar-refractivity contribution in [3.05, 3.63) is 40.5 Å². The van der Waals surface area contributed by atoms with Gasteiger partial charge in [-0.2, -0.15) is 28.2 Å². The Labute approximate surface area is 157 Å². The zero-order chi connectivity index (χ0) is 19.5. The highest BCUT2D eigenvalue weighted by atomic mass is 35.5. The summed E-state index contributed by atoms with van der Waals surface area (Å²) in [5, 5.41) is 13.5. The van der Waals surface area contributed by atoms with Crippen LogP contribution in [0.15, 0.2) is 34.3 Å². The third kappa shape index (κ3) is 4.31. The number of nitrogens with zero attached hydrogens (tertiary/aromatic N) is 4. The van der Waals surface area contributed by atoms with Crippen LogP contribution in [-0.4, -0.2) is 33.8 Å². The Morgan fingerprint density at radius 2 is 2.04 bits per heavy atom. The number of amides is 1. The van der Waals surface area contributed by atoms with Crippen LogP contribution in [0.25, 0.3) is 0 Å². The summed E-state index contributed by atoms with van der Waals surface area (Å²) < 4.78 is 39.7. The minimum absolute atomic E-state index is 0.0731. The Bertz CT molecular complexity index is 856. The maximum Gasteiger partial charge on any atom is 0.416 e. The van der Waals surface area contributed by atoms with Crippen molar-refractivity contribution in [2.75, 3.05) is 13.1 Å². The van der Waals surface area contributed by atoms with Gasteiger partial charge in [-0.15, -0.1) is 0 Å². The van der Waals surface area contributed by atoms with Gasteiger partial charge in [0.1, 0.15) is 16.7 Å². The molecule has 26 heavy (non-hydrogen) atoms. The second-order valence-corrected chi connectivity index (χ2v) is 6.54. The van der Waals surface area contributed by atoms with Crippen LogP contribution >= 0.6 is 23.4 Å². The van der Waals surface area contributed by atoms with E-state index in [1.165, 1.54) is 11.1 Å². The van der Waals surface area contributed by atoms with E-state index in [0.717, 1.165) is 34.6 Å². The van der Waals surface area contributed by atoms with E-state index >= 15 is 0 Å². The summed E-state index contributed by atoms with van der Waals surface area (Å²) in [6.45, 7) is 4.51. The van der Waals surface area contributed by atoms with Gasteiger partial charge in [0.25, 0.3) is 0 Å². The molecule has 0 aliphatic heterocycles. The average molecular weight is 403 g/mol. The molecule has 138 valence electrons. The lowest BCUT2D eigenvalue weighted by Crippen LogP contribution is -2.34. The first-order valence-electron chi connectivity index (χ1n) is 7.54. The van der Waals surface area contributed by atoms with Crippen molar-refractivity contribution in [3.8, 4) is 6.07 Å². The van der Waals surface area contributed by atoms with Crippen LogP contribution in [-0.2, 0) is 6.18 Å². The second kappa shape index (κ2) is 8.01. The Morgan fingerprint density at radius 1 is 1.38 bits per heavy atom. The summed E-state index contributed by atoms with van der Waals surface area (Å²) in [5.41, 5.74) is -0.787. The molecule has 5 nitrogen and oxygen atoms in total. The summed E-state index contributed by atoms with van der Waals surface area (Å²) in [4.78, 5) is 13.9. The number of benzene rings is 1. The third-order valence-corrected chi connectivity index (χ3v) is 4.99.